The van der Waals surface area contributed by atoms with Crippen LogP contribution in [-0.2, 0) is 11.2 Å². The highest BCUT2D eigenvalue weighted by Gasteiger charge is 2.30. The van der Waals surface area contributed by atoms with Gasteiger partial charge in [0.1, 0.15) is 5.78 Å². The SMILES string of the molecule is CC(C)C1CCC(=O)C(Cc2cccc(Br)c2)C1. The molecule has 0 amide bonds. The maximum atomic E-state index is 12.0. The molecule has 18 heavy (non-hydrogen) atoms. The Morgan fingerprint density at radius 2 is 2.17 bits per heavy atom. The molecule has 1 aliphatic rings. The van der Waals surface area contributed by atoms with Gasteiger partial charge in [0.2, 0.25) is 0 Å². The van der Waals surface area contributed by atoms with Gasteiger partial charge in [-0.25, -0.2) is 0 Å². The molecular weight excluding hydrogens is 288 g/mol. The molecule has 2 unspecified atom stereocenters. The van der Waals surface area contributed by atoms with E-state index in [4.69, 9.17) is 0 Å². The average molecular weight is 309 g/mol. The predicted molar refractivity (Wildman–Crippen MR) is 78.5 cm³/mol. The van der Waals surface area contributed by atoms with E-state index < -0.39 is 0 Å². The van der Waals surface area contributed by atoms with Crippen LogP contribution >= 0.6 is 15.9 Å². The molecule has 0 aliphatic heterocycles. The van der Waals surface area contributed by atoms with E-state index in [1.807, 2.05) is 12.1 Å². The number of carbonyl (C=O) groups is 1. The highest BCUT2D eigenvalue weighted by Crippen LogP contribution is 2.33. The number of Topliss-reactive ketones (excluding diaryl/α,β-unsaturated/α-hetero) is 1. The summed E-state index contributed by atoms with van der Waals surface area (Å²) in [6.07, 6.45) is 3.84. The van der Waals surface area contributed by atoms with Gasteiger partial charge in [-0.1, -0.05) is 41.9 Å². The maximum absolute atomic E-state index is 12.0. The molecule has 0 heterocycles. The van der Waals surface area contributed by atoms with Crippen LogP contribution in [0.3, 0.4) is 0 Å². The summed E-state index contributed by atoms with van der Waals surface area (Å²) >= 11 is 3.49. The van der Waals surface area contributed by atoms with Crippen LogP contribution in [-0.4, -0.2) is 5.78 Å². The van der Waals surface area contributed by atoms with Crippen molar-refractivity contribution in [3.8, 4) is 0 Å². The Morgan fingerprint density at radius 3 is 2.83 bits per heavy atom. The van der Waals surface area contributed by atoms with Crippen molar-refractivity contribution in [3.63, 3.8) is 0 Å². The first-order chi connectivity index (χ1) is 8.56. The number of ketones is 1. The minimum Gasteiger partial charge on any atom is -0.299 e. The molecule has 98 valence electrons. The van der Waals surface area contributed by atoms with Crippen molar-refractivity contribution >= 4 is 21.7 Å². The van der Waals surface area contributed by atoms with Crippen molar-refractivity contribution in [2.75, 3.05) is 0 Å². The van der Waals surface area contributed by atoms with Crippen molar-refractivity contribution in [1.29, 1.82) is 0 Å². The Balaban J connectivity index is 2.05. The monoisotopic (exact) mass is 308 g/mol. The summed E-state index contributed by atoms with van der Waals surface area (Å²) in [4.78, 5) is 12.0. The molecule has 0 N–H and O–H groups in total. The lowest BCUT2D eigenvalue weighted by molar-refractivity contribution is -0.125. The predicted octanol–water partition coefficient (Wildman–Crippen LogP) is 4.63. The van der Waals surface area contributed by atoms with Crippen LogP contribution in [0.25, 0.3) is 0 Å². The molecule has 0 radical (unpaired) electrons. The lowest BCUT2D eigenvalue weighted by Gasteiger charge is -2.30. The van der Waals surface area contributed by atoms with Crippen molar-refractivity contribution in [2.24, 2.45) is 17.8 Å². The lowest BCUT2D eigenvalue weighted by Crippen LogP contribution is -2.28. The number of rotatable bonds is 3. The van der Waals surface area contributed by atoms with Gasteiger partial charge in [-0.3, -0.25) is 4.79 Å². The normalized spacial score (nSPS) is 24.6. The van der Waals surface area contributed by atoms with Crippen LogP contribution in [0, 0.1) is 17.8 Å². The van der Waals surface area contributed by atoms with Gasteiger partial charge in [0, 0.05) is 16.8 Å². The van der Waals surface area contributed by atoms with E-state index in [0.717, 1.165) is 36.1 Å². The molecule has 1 aromatic carbocycles. The second-order valence-electron chi connectivity index (χ2n) is 5.78. The summed E-state index contributed by atoms with van der Waals surface area (Å²) < 4.78 is 1.10. The molecule has 1 saturated carbocycles. The van der Waals surface area contributed by atoms with Gasteiger partial charge in [-0.2, -0.15) is 0 Å². The second-order valence-corrected chi connectivity index (χ2v) is 6.69. The minimum absolute atomic E-state index is 0.237. The fourth-order valence-electron chi connectivity index (χ4n) is 2.90. The largest absolute Gasteiger partial charge is 0.299 e. The van der Waals surface area contributed by atoms with Crippen molar-refractivity contribution in [3.05, 3.63) is 34.3 Å². The quantitative estimate of drug-likeness (QED) is 0.795. The fraction of sp³-hybridized carbons (Fsp3) is 0.562. The summed E-state index contributed by atoms with van der Waals surface area (Å²) in [5.74, 6) is 2.12. The summed E-state index contributed by atoms with van der Waals surface area (Å²) in [5.41, 5.74) is 1.27. The fourth-order valence-corrected chi connectivity index (χ4v) is 3.34. The van der Waals surface area contributed by atoms with Gasteiger partial charge in [0.25, 0.3) is 0 Å². The van der Waals surface area contributed by atoms with Crippen LogP contribution in [0.1, 0.15) is 38.7 Å². The van der Waals surface area contributed by atoms with E-state index in [-0.39, 0.29) is 5.92 Å². The standard InChI is InChI=1S/C16H21BrO/c1-11(2)13-6-7-16(18)14(10-13)8-12-4-3-5-15(17)9-12/h3-5,9,11,13-14H,6-8,10H2,1-2H3. The molecule has 2 rings (SSSR count). The van der Waals surface area contributed by atoms with Gasteiger partial charge in [-0.15, -0.1) is 0 Å². The molecule has 0 saturated heterocycles. The zero-order valence-corrected chi connectivity index (χ0v) is 12.7. The topological polar surface area (TPSA) is 17.1 Å². The number of hydrogen-bond acceptors (Lipinski definition) is 1. The van der Waals surface area contributed by atoms with Crippen LogP contribution in [0.15, 0.2) is 28.7 Å². The lowest BCUT2D eigenvalue weighted by atomic mass is 9.73. The third-order valence-electron chi connectivity index (χ3n) is 4.12. The molecule has 0 spiro atoms. The molecular formula is C16H21BrO. The maximum Gasteiger partial charge on any atom is 0.136 e. The third-order valence-corrected chi connectivity index (χ3v) is 4.61. The molecule has 1 nitrogen and oxygen atoms in total. The van der Waals surface area contributed by atoms with E-state index in [1.165, 1.54) is 5.56 Å². The Bertz CT molecular complexity index is 425. The molecule has 2 atom stereocenters. The number of halogens is 1. The van der Waals surface area contributed by atoms with Gasteiger partial charge >= 0.3 is 0 Å². The molecule has 1 aromatic rings. The van der Waals surface area contributed by atoms with E-state index in [9.17, 15) is 4.79 Å². The smallest absolute Gasteiger partial charge is 0.136 e. The number of benzene rings is 1. The van der Waals surface area contributed by atoms with Gasteiger partial charge in [0.15, 0.2) is 0 Å². The van der Waals surface area contributed by atoms with Crippen LogP contribution in [0.5, 0.6) is 0 Å². The Kier molecular flexibility index (Phi) is 4.60. The number of hydrogen-bond donors (Lipinski definition) is 0. The van der Waals surface area contributed by atoms with E-state index in [0.29, 0.717) is 11.7 Å². The Morgan fingerprint density at radius 1 is 1.39 bits per heavy atom. The summed E-state index contributed by atoms with van der Waals surface area (Å²) in [6, 6.07) is 8.33. The van der Waals surface area contributed by atoms with E-state index in [1.54, 1.807) is 0 Å². The second kappa shape index (κ2) is 6.01. The van der Waals surface area contributed by atoms with E-state index in [2.05, 4.69) is 41.9 Å². The zero-order chi connectivity index (χ0) is 13.1. The van der Waals surface area contributed by atoms with Gasteiger partial charge in [-0.05, 0) is 48.8 Å². The molecule has 1 aliphatic carbocycles. The first kappa shape index (κ1) is 13.8. The first-order valence-electron chi connectivity index (χ1n) is 6.83. The third kappa shape index (κ3) is 3.44. The van der Waals surface area contributed by atoms with Crippen molar-refractivity contribution in [2.45, 2.75) is 39.5 Å². The van der Waals surface area contributed by atoms with Crippen molar-refractivity contribution < 1.29 is 4.79 Å². The molecule has 1 fully saturated rings. The summed E-state index contributed by atoms with van der Waals surface area (Å²) in [6.45, 7) is 4.55. The Labute approximate surface area is 118 Å². The Hall–Kier alpha value is -0.630. The van der Waals surface area contributed by atoms with Gasteiger partial charge in [0.05, 0.1) is 0 Å². The van der Waals surface area contributed by atoms with Crippen molar-refractivity contribution in [1.82, 2.24) is 0 Å². The molecule has 2 heteroatoms. The zero-order valence-electron chi connectivity index (χ0n) is 11.2. The molecule has 0 bridgehead atoms. The van der Waals surface area contributed by atoms with E-state index >= 15 is 0 Å². The van der Waals surface area contributed by atoms with Crippen LogP contribution in [0.2, 0.25) is 0 Å². The minimum atomic E-state index is 0.237. The summed E-state index contributed by atoms with van der Waals surface area (Å²) in [7, 11) is 0. The highest BCUT2D eigenvalue weighted by molar-refractivity contribution is 9.10. The van der Waals surface area contributed by atoms with Crippen LogP contribution < -0.4 is 0 Å². The van der Waals surface area contributed by atoms with Gasteiger partial charge < -0.3 is 0 Å². The number of carbonyl (C=O) groups excluding carboxylic acids is 1. The highest BCUT2D eigenvalue weighted by atomic mass is 79.9. The van der Waals surface area contributed by atoms with Crippen LogP contribution in [0.4, 0.5) is 0 Å². The first-order valence-corrected chi connectivity index (χ1v) is 7.62. The molecule has 0 aromatic heterocycles. The average Bonchev–Trinajstić information content (AvgIpc) is 2.31. The summed E-state index contributed by atoms with van der Waals surface area (Å²) in [5, 5.41) is 0.